The molecule has 9 heteroatoms. The van der Waals surface area contributed by atoms with Gasteiger partial charge in [0.15, 0.2) is 11.8 Å². The number of halogens is 2. The second-order valence-electron chi connectivity index (χ2n) is 6.16. The van der Waals surface area contributed by atoms with Crippen molar-refractivity contribution in [2.24, 2.45) is 4.99 Å². The molecule has 0 bridgehead atoms. The first kappa shape index (κ1) is 23.1. The van der Waals surface area contributed by atoms with Crippen molar-refractivity contribution >= 4 is 41.5 Å². The highest BCUT2D eigenvalue weighted by molar-refractivity contribution is 14.0. The van der Waals surface area contributed by atoms with Crippen molar-refractivity contribution in [3.63, 3.8) is 0 Å². The molecule has 3 rings (SSSR count). The SMILES string of the molecule is CCNC(=NCCc1noc(-c2ccccn2)n1)NC(C)c1ccc(Cl)cc1.I. The van der Waals surface area contributed by atoms with E-state index in [1.165, 1.54) is 0 Å². The molecule has 0 aliphatic carbocycles. The highest BCUT2D eigenvalue weighted by Gasteiger charge is 2.10. The summed E-state index contributed by atoms with van der Waals surface area (Å²) in [5.41, 5.74) is 1.80. The van der Waals surface area contributed by atoms with Gasteiger partial charge in [0.1, 0.15) is 5.69 Å². The van der Waals surface area contributed by atoms with Gasteiger partial charge in [-0.1, -0.05) is 35.0 Å². The Kier molecular flexibility index (Phi) is 9.33. The lowest BCUT2D eigenvalue weighted by Gasteiger charge is -2.18. The number of nitrogens with one attached hydrogen (secondary N) is 2. The van der Waals surface area contributed by atoms with Crippen molar-refractivity contribution in [2.45, 2.75) is 26.3 Å². The maximum atomic E-state index is 5.96. The topological polar surface area (TPSA) is 88.2 Å². The summed E-state index contributed by atoms with van der Waals surface area (Å²) >= 11 is 5.96. The molecule has 0 fully saturated rings. The Morgan fingerprint density at radius 2 is 2.00 bits per heavy atom. The average molecular weight is 527 g/mol. The number of aliphatic imine (C=N–C) groups is 1. The molecule has 154 valence electrons. The summed E-state index contributed by atoms with van der Waals surface area (Å²) in [6.07, 6.45) is 2.27. The zero-order valence-electron chi connectivity index (χ0n) is 16.3. The zero-order chi connectivity index (χ0) is 19.8. The molecular weight excluding hydrogens is 503 g/mol. The molecule has 0 saturated carbocycles. The second-order valence-corrected chi connectivity index (χ2v) is 6.60. The van der Waals surface area contributed by atoms with Gasteiger partial charge in [0.05, 0.1) is 6.04 Å². The third kappa shape index (κ3) is 6.97. The second kappa shape index (κ2) is 11.7. The lowest BCUT2D eigenvalue weighted by Crippen LogP contribution is -2.38. The fourth-order valence-corrected chi connectivity index (χ4v) is 2.70. The zero-order valence-corrected chi connectivity index (χ0v) is 19.4. The van der Waals surface area contributed by atoms with Crippen LogP contribution in [-0.2, 0) is 6.42 Å². The third-order valence-corrected chi connectivity index (χ3v) is 4.28. The summed E-state index contributed by atoms with van der Waals surface area (Å²) in [5, 5.41) is 11.4. The molecule has 1 unspecified atom stereocenters. The summed E-state index contributed by atoms with van der Waals surface area (Å²) in [4.78, 5) is 13.2. The van der Waals surface area contributed by atoms with E-state index in [0.29, 0.717) is 30.4 Å². The number of benzene rings is 1. The van der Waals surface area contributed by atoms with Gasteiger partial charge in [-0.2, -0.15) is 4.98 Å². The fraction of sp³-hybridized carbons (Fsp3) is 0.300. The minimum absolute atomic E-state index is 0. The Balaban J connectivity index is 0.00000300. The van der Waals surface area contributed by atoms with E-state index in [0.717, 1.165) is 23.1 Å². The third-order valence-electron chi connectivity index (χ3n) is 4.02. The molecule has 0 saturated heterocycles. The summed E-state index contributed by atoms with van der Waals surface area (Å²) < 4.78 is 5.27. The summed E-state index contributed by atoms with van der Waals surface area (Å²) in [6.45, 7) is 5.41. The Morgan fingerprint density at radius 1 is 1.21 bits per heavy atom. The lowest BCUT2D eigenvalue weighted by molar-refractivity contribution is 0.421. The Hall–Kier alpha value is -2.20. The molecule has 0 aliphatic heterocycles. The first-order valence-corrected chi connectivity index (χ1v) is 9.58. The molecule has 0 aliphatic rings. The van der Waals surface area contributed by atoms with Gasteiger partial charge in [-0.05, 0) is 43.7 Å². The predicted molar refractivity (Wildman–Crippen MR) is 126 cm³/mol. The highest BCUT2D eigenvalue weighted by atomic mass is 127. The van der Waals surface area contributed by atoms with E-state index in [-0.39, 0.29) is 30.0 Å². The fourth-order valence-electron chi connectivity index (χ4n) is 2.58. The van der Waals surface area contributed by atoms with Gasteiger partial charge in [-0.15, -0.1) is 24.0 Å². The number of aromatic nitrogens is 3. The standard InChI is InChI=1S/C20H23ClN6O.HI/c1-3-22-20(25-14(2)15-7-9-16(21)10-8-15)24-13-11-18-26-19(28-27-18)17-6-4-5-12-23-17;/h4-10,12,14H,3,11,13H2,1-2H3,(H2,22,24,25);1H. The van der Waals surface area contributed by atoms with E-state index >= 15 is 0 Å². The van der Waals surface area contributed by atoms with Crippen LogP contribution in [0.2, 0.25) is 5.02 Å². The molecule has 7 nitrogen and oxygen atoms in total. The number of guanidine groups is 1. The van der Waals surface area contributed by atoms with Gasteiger partial charge in [0, 0.05) is 30.7 Å². The predicted octanol–water partition coefficient (Wildman–Crippen LogP) is 4.26. The quantitative estimate of drug-likeness (QED) is 0.272. The largest absolute Gasteiger partial charge is 0.357 e. The van der Waals surface area contributed by atoms with Crippen molar-refractivity contribution < 1.29 is 4.52 Å². The molecule has 2 N–H and O–H groups in total. The van der Waals surface area contributed by atoms with Crippen LogP contribution in [0.4, 0.5) is 0 Å². The van der Waals surface area contributed by atoms with Crippen LogP contribution in [0.15, 0.2) is 58.2 Å². The van der Waals surface area contributed by atoms with Gasteiger partial charge >= 0.3 is 0 Å². The summed E-state index contributed by atoms with van der Waals surface area (Å²) in [6, 6.07) is 13.4. The van der Waals surface area contributed by atoms with Crippen molar-refractivity contribution in [3.8, 4) is 11.6 Å². The number of hydrogen-bond donors (Lipinski definition) is 2. The number of pyridine rings is 1. The van der Waals surface area contributed by atoms with E-state index in [4.69, 9.17) is 16.1 Å². The van der Waals surface area contributed by atoms with E-state index in [1.807, 2.05) is 49.4 Å². The molecule has 0 spiro atoms. The highest BCUT2D eigenvalue weighted by Crippen LogP contribution is 2.16. The van der Waals surface area contributed by atoms with Crippen LogP contribution in [0.1, 0.15) is 31.3 Å². The Morgan fingerprint density at radius 3 is 2.69 bits per heavy atom. The van der Waals surface area contributed by atoms with E-state index in [1.54, 1.807) is 6.20 Å². The van der Waals surface area contributed by atoms with Gasteiger partial charge in [-0.25, -0.2) is 0 Å². The van der Waals surface area contributed by atoms with E-state index < -0.39 is 0 Å². The van der Waals surface area contributed by atoms with Gasteiger partial charge in [0.25, 0.3) is 5.89 Å². The summed E-state index contributed by atoms with van der Waals surface area (Å²) in [5.74, 6) is 1.75. The van der Waals surface area contributed by atoms with Gasteiger partial charge in [-0.3, -0.25) is 9.98 Å². The molecular formula is C20H24ClIN6O. The van der Waals surface area contributed by atoms with Crippen LogP contribution in [0.25, 0.3) is 11.6 Å². The maximum absolute atomic E-state index is 5.96. The van der Waals surface area contributed by atoms with Crippen molar-refractivity contribution in [1.29, 1.82) is 0 Å². The van der Waals surface area contributed by atoms with Crippen LogP contribution in [0, 0.1) is 0 Å². The molecule has 29 heavy (non-hydrogen) atoms. The number of hydrogen-bond acceptors (Lipinski definition) is 5. The van der Waals surface area contributed by atoms with Crippen LogP contribution in [0.5, 0.6) is 0 Å². The number of rotatable bonds is 7. The van der Waals surface area contributed by atoms with E-state index in [9.17, 15) is 0 Å². The molecule has 3 aromatic rings. The number of nitrogens with zero attached hydrogens (tertiary/aromatic N) is 4. The average Bonchev–Trinajstić information content (AvgIpc) is 3.18. The van der Waals surface area contributed by atoms with Crippen molar-refractivity contribution in [3.05, 3.63) is 65.1 Å². The van der Waals surface area contributed by atoms with Crippen molar-refractivity contribution in [2.75, 3.05) is 13.1 Å². The smallest absolute Gasteiger partial charge is 0.276 e. The molecule has 0 amide bonds. The molecule has 1 aromatic carbocycles. The lowest BCUT2D eigenvalue weighted by atomic mass is 10.1. The van der Waals surface area contributed by atoms with Crippen molar-refractivity contribution in [1.82, 2.24) is 25.8 Å². The normalized spacial score (nSPS) is 12.2. The molecule has 0 radical (unpaired) electrons. The first-order valence-electron chi connectivity index (χ1n) is 9.20. The van der Waals surface area contributed by atoms with Gasteiger partial charge in [0.2, 0.25) is 0 Å². The Bertz CT molecular complexity index is 901. The Labute approximate surface area is 192 Å². The minimum atomic E-state index is 0. The van der Waals surface area contributed by atoms with Crippen LogP contribution >= 0.6 is 35.6 Å². The molecule has 2 heterocycles. The first-order chi connectivity index (χ1) is 13.7. The molecule has 1 atom stereocenters. The van der Waals surface area contributed by atoms with Crippen LogP contribution in [0.3, 0.4) is 0 Å². The van der Waals surface area contributed by atoms with Crippen LogP contribution < -0.4 is 10.6 Å². The van der Waals surface area contributed by atoms with Crippen LogP contribution in [-0.4, -0.2) is 34.2 Å². The summed E-state index contributed by atoms with van der Waals surface area (Å²) in [7, 11) is 0. The monoisotopic (exact) mass is 526 g/mol. The van der Waals surface area contributed by atoms with E-state index in [2.05, 4.69) is 37.7 Å². The minimum Gasteiger partial charge on any atom is -0.357 e. The maximum Gasteiger partial charge on any atom is 0.276 e. The molecule has 2 aromatic heterocycles. The van der Waals surface area contributed by atoms with Gasteiger partial charge < -0.3 is 15.2 Å².